The van der Waals surface area contributed by atoms with Crippen molar-refractivity contribution in [3.8, 4) is 0 Å². The summed E-state index contributed by atoms with van der Waals surface area (Å²) in [5.41, 5.74) is 0. The summed E-state index contributed by atoms with van der Waals surface area (Å²) in [5, 5.41) is 2.86. The summed E-state index contributed by atoms with van der Waals surface area (Å²) in [6.45, 7) is 7.77. The van der Waals surface area contributed by atoms with Gasteiger partial charge in [-0.15, -0.1) is 0 Å². The number of aliphatic imine (C=N–C) groups is 1. The van der Waals surface area contributed by atoms with E-state index >= 15 is 0 Å². The lowest BCUT2D eigenvalue weighted by Gasteiger charge is -1.96. The molecule has 2 aliphatic rings. The third-order valence-corrected chi connectivity index (χ3v) is 4.54. The lowest BCUT2D eigenvalue weighted by molar-refractivity contribution is 0.593. The Balaban J connectivity index is 0.000000241. The molecule has 1 fully saturated rings. The van der Waals surface area contributed by atoms with Gasteiger partial charge in [-0.2, -0.15) is 0 Å². The first-order chi connectivity index (χ1) is 7.13. The van der Waals surface area contributed by atoms with Crippen LogP contribution in [-0.4, -0.2) is 38.8 Å². The van der Waals surface area contributed by atoms with Crippen LogP contribution in [0.1, 0.15) is 33.6 Å². The van der Waals surface area contributed by atoms with Gasteiger partial charge in [-0.3, -0.25) is 4.99 Å². The summed E-state index contributed by atoms with van der Waals surface area (Å²) in [7, 11) is -2.62. The number of hydrogen-bond donors (Lipinski definition) is 1. The Morgan fingerprint density at radius 1 is 1.40 bits per heavy atom. The topological polar surface area (TPSA) is 58.5 Å². The maximum Gasteiger partial charge on any atom is 0.152 e. The third kappa shape index (κ3) is 5.77. The first kappa shape index (κ1) is 14.4. The normalized spacial score (nSPS) is 25.7. The highest BCUT2D eigenvalue weighted by Gasteiger charge is 2.26. The fourth-order valence-electron chi connectivity index (χ4n) is 1.28. The maximum atomic E-state index is 10.8. The van der Waals surface area contributed by atoms with Crippen molar-refractivity contribution in [2.24, 2.45) is 4.99 Å². The number of rotatable bonds is 0. The van der Waals surface area contributed by atoms with Crippen molar-refractivity contribution in [2.45, 2.75) is 38.9 Å². The zero-order valence-electron chi connectivity index (χ0n) is 9.86. The monoisotopic (exact) mass is 234 g/mol. The summed E-state index contributed by atoms with van der Waals surface area (Å²) in [4.78, 5) is 3.85. The molecular weight excluding hydrogens is 212 g/mol. The van der Waals surface area contributed by atoms with Crippen LogP contribution in [0.15, 0.2) is 4.99 Å². The van der Waals surface area contributed by atoms with Gasteiger partial charge in [0.15, 0.2) is 9.84 Å². The molecule has 15 heavy (non-hydrogen) atoms. The third-order valence-electron chi connectivity index (χ3n) is 2.22. The van der Waals surface area contributed by atoms with Crippen LogP contribution in [0, 0.1) is 0 Å². The summed E-state index contributed by atoms with van der Waals surface area (Å²) in [6.07, 6.45) is 3.46. The highest BCUT2D eigenvalue weighted by molar-refractivity contribution is 7.92. The molecule has 1 saturated heterocycles. The number of sulfone groups is 1. The van der Waals surface area contributed by atoms with Crippen molar-refractivity contribution in [1.82, 2.24) is 5.32 Å². The highest BCUT2D eigenvalue weighted by atomic mass is 32.2. The molecular formula is C10H22N2O2S. The molecule has 0 aromatic rings. The van der Waals surface area contributed by atoms with Crippen LogP contribution in [0.4, 0.5) is 0 Å². The second-order valence-electron chi connectivity index (χ2n) is 3.31. The Kier molecular flexibility index (Phi) is 7.38. The van der Waals surface area contributed by atoms with Crippen LogP contribution in [0.2, 0.25) is 0 Å². The Morgan fingerprint density at radius 2 is 2.07 bits per heavy atom. The number of nitrogens with zero attached hydrogens (tertiary/aromatic N) is 1. The van der Waals surface area contributed by atoms with Gasteiger partial charge in [-0.25, -0.2) is 8.42 Å². The average molecular weight is 234 g/mol. The van der Waals surface area contributed by atoms with Gasteiger partial charge in [0.1, 0.15) is 0 Å². The second-order valence-corrected chi connectivity index (χ2v) is 5.85. The van der Waals surface area contributed by atoms with Crippen LogP contribution in [-0.2, 0) is 9.84 Å². The zero-order chi connectivity index (χ0) is 11.7. The van der Waals surface area contributed by atoms with Gasteiger partial charge < -0.3 is 5.32 Å². The highest BCUT2D eigenvalue weighted by Crippen LogP contribution is 2.18. The van der Waals surface area contributed by atoms with E-state index in [-0.39, 0.29) is 5.25 Å². The van der Waals surface area contributed by atoms with Gasteiger partial charge in [0.2, 0.25) is 0 Å². The molecule has 0 aromatic heterocycles. The summed E-state index contributed by atoms with van der Waals surface area (Å²) >= 11 is 0. The van der Waals surface area contributed by atoms with Crippen molar-refractivity contribution in [3.63, 3.8) is 0 Å². The van der Waals surface area contributed by atoms with Crippen molar-refractivity contribution >= 4 is 16.2 Å². The fraction of sp³-hybridized carbons (Fsp3) is 0.900. The lowest BCUT2D eigenvalue weighted by Crippen LogP contribution is -2.10. The molecule has 0 aromatic carbocycles. The summed E-state index contributed by atoms with van der Waals surface area (Å²) in [6, 6.07) is 0. The Labute approximate surface area is 93.1 Å². The average Bonchev–Trinajstić information content (AvgIpc) is 2.85. The molecule has 2 heterocycles. The molecule has 90 valence electrons. The van der Waals surface area contributed by atoms with E-state index in [0.717, 1.165) is 25.9 Å². The van der Waals surface area contributed by atoms with Crippen molar-refractivity contribution < 1.29 is 8.42 Å². The lowest BCUT2D eigenvalue weighted by atomic mass is 10.3. The number of nitrogens with one attached hydrogen (secondary N) is 1. The Morgan fingerprint density at radius 3 is 2.20 bits per heavy atom. The van der Waals surface area contributed by atoms with E-state index in [0.29, 0.717) is 5.75 Å². The van der Waals surface area contributed by atoms with Crippen LogP contribution in [0.5, 0.6) is 0 Å². The van der Waals surface area contributed by atoms with Crippen molar-refractivity contribution in [2.75, 3.05) is 18.8 Å². The quantitative estimate of drug-likeness (QED) is 0.686. The maximum absolute atomic E-state index is 10.8. The summed E-state index contributed by atoms with van der Waals surface area (Å²) in [5.74, 6) is 0.411. The molecule has 0 bridgehead atoms. The first-order valence-corrected chi connectivity index (χ1v) is 7.28. The van der Waals surface area contributed by atoms with Gasteiger partial charge >= 0.3 is 0 Å². The molecule has 1 atom stereocenters. The van der Waals surface area contributed by atoms with Crippen molar-refractivity contribution in [3.05, 3.63) is 0 Å². The van der Waals surface area contributed by atoms with Gasteiger partial charge in [0.05, 0.1) is 23.9 Å². The van der Waals surface area contributed by atoms with E-state index in [1.165, 1.54) is 0 Å². The first-order valence-electron chi connectivity index (χ1n) is 5.56. The predicted octanol–water partition coefficient (Wildman–Crippen LogP) is 1.23. The van der Waals surface area contributed by atoms with E-state index in [2.05, 4.69) is 10.3 Å². The zero-order valence-corrected chi connectivity index (χ0v) is 10.7. The van der Waals surface area contributed by atoms with Gasteiger partial charge in [-0.05, 0) is 19.8 Å². The molecule has 1 unspecified atom stereocenters. The Bertz CT molecular complexity index is 267. The van der Waals surface area contributed by atoms with E-state index in [4.69, 9.17) is 0 Å². The molecule has 2 aliphatic heterocycles. The number of hydrogen-bond acceptors (Lipinski definition) is 4. The largest absolute Gasteiger partial charge is 0.375 e. The van der Waals surface area contributed by atoms with E-state index in [1.807, 2.05) is 13.8 Å². The van der Waals surface area contributed by atoms with E-state index < -0.39 is 9.84 Å². The minimum absolute atomic E-state index is 0.0671. The van der Waals surface area contributed by atoms with Gasteiger partial charge in [0, 0.05) is 6.54 Å². The molecule has 2 rings (SSSR count). The Hall–Kier alpha value is -0.580. The molecule has 0 aliphatic carbocycles. The minimum atomic E-state index is -2.62. The van der Waals surface area contributed by atoms with Crippen LogP contribution in [0.3, 0.4) is 0 Å². The standard InChI is InChI=1S/C5H10O2S.C3H6N2.C2H6/c1-5-3-2-4-8(5,6)7;1-2-5-3-4-1;1-2/h5H,2-4H2,1H3;3H,1-2H2,(H,4,5);1-2H3. The molecule has 0 radical (unpaired) electrons. The van der Waals surface area contributed by atoms with Gasteiger partial charge in [0.25, 0.3) is 0 Å². The smallest absolute Gasteiger partial charge is 0.152 e. The molecule has 5 heteroatoms. The fourth-order valence-corrected chi connectivity index (χ4v) is 2.77. The van der Waals surface area contributed by atoms with Crippen LogP contribution < -0.4 is 5.32 Å². The minimum Gasteiger partial charge on any atom is -0.375 e. The van der Waals surface area contributed by atoms with E-state index in [9.17, 15) is 8.42 Å². The van der Waals surface area contributed by atoms with Crippen LogP contribution >= 0.6 is 0 Å². The second kappa shape index (κ2) is 7.68. The van der Waals surface area contributed by atoms with Gasteiger partial charge in [-0.1, -0.05) is 13.8 Å². The molecule has 4 nitrogen and oxygen atoms in total. The van der Waals surface area contributed by atoms with Crippen LogP contribution in [0.25, 0.3) is 0 Å². The van der Waals surface area contributed by atoms with Crippen molar-refractivity contribution in [1.29, 1.82) is 0 Å². The van der Waals surface area contributed by atoms with E-state index in [1.54, 1.807) is 13.3 Å². The SMILES string of the molecule is C1=NCCN1.CC.CC1CCCS1(=O)=O. The molecule has 0 amide bonds. The molecule has 0 spiro atoms. The molecule has 0 saturated carbocycles. The summed E-state index contributed by atoms with van der Waals surface area (Å²) < 4.78 is 21.5. The molecule has 1 N–H and O–H groups in total. The predicted molar refractivity (Wildman–Crippen MR) is 65.2 cm³/mol.